The summed E-state index contributed by atoms with van der Waals surface area (Å²) in [5.41, 5.74) is 1.08. The third kappa shape index (κ3) is 5.15. The topological polar surface area (TPSA) is 59.1 Å². The van der Waals surface area contributed by atoms with Crippen molar-refractivity contribution in [3.05, 3.63) is 20.7 Å². The molecule has 0 atom stereocenters. The van der Waals surface area contributed by atoms with Crippen molar-refractivity contribution < 1.29 is 19.1 Å². The Bertz CT molecular complexity index is 701. The van der Waals surface area contributed by atoms with E-state index in [0.717, 1.165) is 25.1 Å². The molecule has 0 amide bonds. The maximum atomic E-state index is 13.1. The molecule has 2 fully saturated rings. The number of ether oxygens (including phenoxy) is 2. The number of carbonyl (C=O) groups is 2. The fraction of sp³-hybridized carbons (Fsp3) is 0.727. The molecule has 0 aromatic heterocycles. The standard InChI is InChI=1S/C19H30BN2O4.3CH3.Sn/c1-6-9-15-12-19(17(23)25-7-2,18(24)26-8-3)13-16(15)14-20-21(4)10-11-22(20)5;;;;/h14H,6-8,10-13H2,1-5H3;3*1H3;/b15-9?,16-14-;;;;. The van der Waals surface area contributed by atoms with Crippen LogP contribution in [0.1, 0.15) is 40.0 Å². The molecule has 0 N–H and O–H groups in total. The predicted molar refractivity (Wildman–Crippen MR) is 125 cm³/mol. The van der Waals surface area contributed by atoms with Crippen LogP contribution in [0, 0.1) is 5.41 Å². The Morgan fingerprint density at radius 1 is 1.00 bits per heavy atom. The molecule has 6 nitrogen and oxygen atoms in total. The summed E-state index contributed by atoms with van der Waals surface area (Å²) in [6.07, 6.45) is 1.72. The Balaban J connectivity index is 2.66. The Kier molecular flexibility index (Phi) is 8.67. The molecule has 168 valence electrons. The van der Waals surface area contributed by atoms with E-state index in [4.69, 9.17) is 9.47 Å². The number of hydrogen-bond acceptors (Lipinski definition) is 6. The van der Waals surface area contributed by atoms with Crippen LogP contribution in [-0.4, -0.2) is 87.3 Å². The predicted octanol–water partition coefficient (Wildman–Crippen LogP) is 3.31. The van der Waals surface area contributed by atoms with E-state index in [1.54, 1.807) is 13.8 Å². The Hall–Kier alpha value is -0.796. The zero-order chi connectivity index (χ0) is 22.7. The first-order valence-corrected chi connectivity index (χ1v) is 21.2. The number of rotatable bonds is 7. The molecule has 1 aliphatic carbocycles. The molecular weight excluding hydrogens is 486 g/mol. The first kappa shape index (κ1) is 25.5. The molecule has 0 radical (unpaired) electrons. The van der Waals surface area contributed by atoms with Crippen LogP contribution in [-0.2, 0) is 19.1 Å². The average molecular weight is 525 g/mol. The number of esters is 2. The van der Waals surface area contributed by atoms with Gasteiger partial charge in [-0.05, 0) is 0 Å². The number of likely N-dealkylation sites (N-methyl/N-ethyl adjacent to an activating group) is 2. The molecule has 2 aliphatic rings. The van der Waals surface area contributed by atoms with E-state index < -0.39 is 35.7 Å². The van der Waals surface area contributed by atoms with Gasteiger partial charge in [0.05, 0.1) is 0 Å². The number of nitrogens with zero attached hydrogens (tertiary/aromatic N) is 2. The number of hydrogen-bond donors (Lipinski definition) is 0. The van der Waals surface area contributed by atoms with E-state index in [-0.39, 0.29) is 20.2 Å². The van der Waals surface area contributed by atoms with Gasteiger partial charge >= 0.3 is 187 Å². The molecule has 2 rings (SSSR count). The Labute approximate surface area is 187 Å². The second-order valence-corrected chi connectivity index (χ2v) is 24.1. The number of carbonyl (C=O) groups excluding carboxylic acids is 2. The molecular formula is C22H39BN2O4Sn. The zero-order valence-corrected chi connectivity index (χ0v) is 23.0. The summed E-state index contributed by atoms with van der Waals surface area (Å²) in [6, 6.07) is 0. The van der Waals surface area contributed by atoms with Crippen LogP contribution < -0.4 is 0 Å². The van der Waals surface area contributed by atoms with E-state index in [0.29, 0.717) is 12.8 Å². The first-order valence-electron chi connectivity index (χ1n) is 11.2. The van der Waals surface area contributed by atoms with Gasteiger partial charge in [0.2, 0.25) is 0 Å². The van der Waals surface area contributed by atoms with Crippen molar-refractivity contribution in [1.29, 1.82) is 0 Å². The molecule has 0 aromatic carbocycles. The maximum absolute atomic E-state index is 13.1. The third-order valence-corrected chi connectivity index (χ3v) is 13.4. The number of allylic oxidation sites excluding steroid dienone is 3. The molecule has 0 unspecified atom stereocenters. The van der Waals surface area contributed by atoms with Gasteiger partial charge < -0.3 is 0 Å². The summed E-state index contributed by atoms with van der Waals surface area (Å²) in [5.74, 6) is 1.38. The fourth-order valence-corrected chi connectivity index (χ4v) is 11.1. The van der Waals surface area contributed by atoms with Crippen LogP contribution in [0.5, 0.6) is 0 Å². The first-order chi connectivity index (χ1) is 14.0. The second kappa shape index (κ2) is 10.2. The van der Waals surface area contributed by atoms with Crippen LogP contribution in [0.15, 0.2) is 20.7 Å². The van der Waals surface area contributed by atoms with E-state index in [9.17, 15) is 9.59 Å². The molecule has 0 bridgehead atoms. The Morgan fingerprint density at radius 3 is 1.90 bits per heavy atom. The van der Waals surface area contributed by atoms with Crippen molar-refractivity contribution in [3.63, 3.8) is 0 Å². The van der Waals surface area contributed by atoms with Crippen LogP contribution in [0.3, 0.4) is 0 Å². The zero-order valence-electron chi connectivity index (χ0n) is 20.1. The van der Waals surface area contributed by atoms with Crippen molar-refractivity contribution in [2.75, 3.05) is 40.4 Å². The van der Waals surface area contributed by atoms with E-state index >= 15 is 0 Å². The van der Waals surface area contributed by atoms with Gasteiger partial charge in [0, 0.05) is 0 Å². The van der Waals surface area contributed by atoms with Crippen LogP contribution in [0.25, 0.3) is 0 Å². The average Bonchev–Trinajstić information content (AvgIpc) is 3.18. The van der Waals surface area contributed by atoms with Gasteiger partial charge in [-0.2, -0.15) is 0 Å². The van der Waals surface area contributed by atoms with Crippen molar-refractivity contribution in [3.8, 4) is 0 Å². The molecule has 1 saturated heterocycles. The third-order valence-electron chi connectivity index (χ3n) is 6.37. The normalized spacial score (nSPS) is 23.2. The van der Waals surface area contributed by atoms with Crippen LogP contribution in [0.2, 0.25) is 14.8 Å². The molecule has 1 heterocycles. The van der Waals surface area contributed by atoms with Gasteiger partial charge in [-0.25, -0.2) is 0 Å². The van der Waals surface area contributed by atoms with Gasteiger partial charge in [-0.15, -0.1) is 0 Å². The van der Waals surface area contributed by atoms with Gasteiger partial charge in [0.15, 0.2) is 0 Å². The van der Waals surface area contributed by atoms with Crippen LogP contribution >= 0.6 is 0 Å². The van der Waals surface area contributed by atoms with E-state index in [1.807, 2.05) is 0 Å². The van der Waals surface area contributed by atoms with Gasteiger partial charge in [-0.3, -0.25) is 0 Å². The molecule has 0 aromatic rings. The fourth-order valence-electron chi connectivity index (χ4n) is 4.83. The summed E-state index contributed by atoms with van der Waals surface area (Å²) in [6.45, 7) is 8.45. The molecule has 8 heteroatoms. The summed E-state index contributed by atoms with van der Waals surface area (Å²) in [5, 5.41) is 0. The molecule has 1 saturated carbocycles. The quantitative estimate of drug-likeness (QED) is 0.289. The molecule has 0 spiro atoms. The van der Waals surface area contributed by atoms with Gasteiger partial charge in [0.25, 0.3) is 0 Å². The van der Waals surface area contributed by atoms with Gasteiger partial charge in [-0.1, -0.05) is 0 Å². The molecule has 30 heavy (non-hydrogen) atoms. The molecule has 1 aliphatic heterocycles. The van der Waals surface area contributed by atoms with Crippen molar-refractivity contribution >= 4 is 37.3 Å². The van der Waals surface area contributed by atoms with Crippen LogP contribution in [0.4, 0.5) is 0 Å². The summed E-state index contributed by atoms with van der Waals surface area (Å²) in [4.78, 5) is 38.1. The monoisotopic (exact) mass is 526 g/mol. The van der Waals surface area contributed by atoms with Gasteiger partial charge in [0.1, 0.15) is 0 Å². The van der Waals surface area contributed by atoms with E-state index in [2.05, 4.69) is 51.4 Å². The van der Waals surface area contributed by atoms with Crippen molar-refractivity contribution in [2.24, 2.45) is 5.41 Å². The summed E-state index contributed by atoms with van der Waals surface area (Å²) in [7, 11) is 4.24. The van der Waals surface area contributed by atoms with Crippen molar-refractivity contribution in [1.82, 2.24) is 9.62 Å². The second-order valence-electron chi connectivity index (χ2n) is 9.50. The minimum atomic E-state index is -2.46. The van der Waals surface area contributed by atoms with E-state index in [1.165, 1.54) is 9.16 Å². The Morgan fingerprint density at radius 2 is 1.50 bits per heavy atom. The summed E-state index contributed by atoms with van der Waals surface area (Å²) < 4.78 is 12.3. The summed E-state index contributed by atoms with van der Waals surface area (Å²) >= 11 is -2.46. The SMILES string of the molecule is CCOC(=O)C1(C(=O)OCC)CC(=C/B2N(C)CCN2C)/C(=[C](/CC)[Sn]([CH3])([CH3])[CH3])C1. The minimum absolute atomic E-state index is 0.170. The van der Waals surface area contributed by atoms with Crippen molar-refractivity contribution in [2.45, 2.75) is 54.9 Å².